The quantitative estimate of drug-likeness (QED) is 0.555. The van der Waals surface area contributed by atoms with Gasteiger partial charge in [0.1, 0.15) is 6.54 Å². The number of hydrogen-bond acceptors (Lipinski definition) is 1. The number of alkyl halides is 4. The molecule has 0 aromatic rings. The van der Waals surface area contributed by atoms with E-state index < -0.39 is 18.6 Å². The van der Waals surface area contributed by atoms with Gasteiger partial charge in [0.05, 0.1) is 0 Å². The Hall–Kier alpha value is -0.710. The minimum absolute atomic E-state index is 0.0249. The van der Waals surface area contributed by atoms with Crippen LogP contribution in [0.1, 0.15) is 20.8 Å². The Morgan fingerprint density at radius 3 is 2.24 bits per heavy atom. The number of nitrogens with zero attached hydrogens (tertiary/aromatic N) is 1. The molecule has 0 saturated carbocycles. The summed E-state index contributed by atoms with van der Waals surface area (Å²) in [7, 11) is 0. The number of rotatable bonds is 5. The molecule has 0 N–H and O–H groups in total. The molecule has 1 unspecified atom stereocenters. The lowest BCUT2D eigenvalue weighted by atomic mass is 10.2. The second kappa shape index (κ2) is 6.89. The van der Waals surface area contributed by atoms with Crippen LogP contribution in [-0.2, 0) is 4.79 Å². The van der Waals surface area contributed by atoms with Gasteiger partial charge in [-0.1, -0.05) is 19.9 Å². The Labute approximate surface area is 104 Å². The van der Waals surface area contributed by atoms with Gasteiger partial charge < -0.3 is 4.90 Å². The molecule has 2 nitrogen and oxygen atoms in total. The van der Waals surface area contributed by atoms with Crippen molar-refractivity contribution in [2.75, 3.05) is 13.1 Å². The summed E-state index contributed by atoms with van der Waals surface area (Å²) in [5.41, 5.74) is 0. The summed E-state index contributed by atoms with van der Waals surface area (Å²) in [5.74, 6) is -0.688. The van der Waals surface area contributed by atoms with Crippen LogP contribution in [0.2, 0.25) is 0 Å². The zero-order chi connectivity index (χ0) is 13.6. The minimum Gasteiger partial charge on any atom is -0.330 e. The summed E-state index contributed by atoms with van der Waals surface area (Å²) in [6, 6.07) is 0. The monoisotopic (exact) mass is 271 g/mol. The van der Waals surface area contributed by atoms with Crippen LogP contribution in [0.25, 0.3) is 0 Å². The summed E-state index contributed by atoms with van der Waals surface area (Å²) < 4.78 is 36.8. The Bertz CT molecular complexity index is 274. The van der Waals surface area contributed by atoms with Crippen LogP contribution in [0.3, 0.4) is 0 Å². The Balaban J connectivity index is 4.62. The summed E-state index contributed by atoms with van der Waals surface area (Å²) in [4.78, 5) is 12.3. The first-order valence-electron chi connectivity index (χ1n) is 5.29. The molecule has 0 spiro atoms. The maximum Gasteiger partial charge on any atom is 0.406 e. The second-order valence-electron chi connectivity index (χ2n) is 4.26. The molecule has 0 rings (SSSR count). The van der Waals surface area contributed by atoms with Gasteiger partial charge in [-0.15, -0.1) is 11.6 Å². The van der Waals surface area contributed by atoms with Gasteiger partial charge in [-0.3, -0.25) is 4.79 Å². The lowest BCUT2D eigenvalue weighted by molar-refractivity contribution is -0.159. The first kappa shape index (κ1) is 16.3. The van der Waals surface area contributed by atoms with Crippen LogP contribution >= 0.6 is 11.6 Å². The molecule has 0 aromatic carbocycles. The Morgan fingerprint density at radius 1 is 1.35 bits per heavy atom. The molecule has 6 heteroatoms. The van der Waals surface area contributed by atoms with E-state index in [-0.39, 0.29) is 17.8 Å². The highest BCUT2D eigenvalue weighted by atomic mass is 35.5. The molecule has 17 heavy (non-hydrogen) atoms. The molecule has 1 atom stereocenters. The second-order valence-corrected chi connectivity index (χ2v) is 4.95. The summed E-state index contributed by atoms with van der Waals surface area (Å²) in [6.07, 6.45) is -1.93. The van der Waals surface area contributed by atoms with Gasteiger partial charge in [0.25, 0.3) is 0 Å². The molecule has 1 amide bonds. The maximum absolute atomic E-state index is 12.3. The standard InChI is InChI=1S/C11H17ClF3NO/c1-8(2)6-16(7-11(13,14)15)10(17)5-4-9(3)12/h4-5,8-9H,6-7H2,1-3H3/b5-4+. The smallest absolute Gasteiger partial charge is 0.330 e. The lowest BCUT2D eigenvalue weighted by Crippen LogP contribution is -2.40. The SMILES string of the molecule is CC(Cl)/C=C/C(=O)N(CC(C)C)CC(F)(F)F. The van der Waals surface area contributed by atoms with Gasteiger partial charge in [0.15, 0.2) is 0 Å². The van der Waals surface area contributed by atoms with E-state index in [9.17, 15) is 18.0 Å². The Morgan fingerprint density at radius 2 is 1.88 bits per heavy atom. The van der Waals surface area contributed by atoms with Crippen LogP contribution in [0.4, 0.5) is 13.2 Å². The fourth-order valence-corrected chi connectivity index (χ4v) is 1.28. The van der Waals surface area contributed by atoms with Gasteiger partial charge in [0, 0.05) is 18.0 Å². The molecule has 0 fully saturated rings. The van der Waals surface area contributed by atoms with Gasteiger partial charge in [-0.25, -0.2) is 0 Å². The highest BCUT2D eigenvalue weighted by molar-refractivity contribution is 6.21. The molecule has 0 saturated heterocycles. The zero-order valence-electron chi connectivity index (χ0n) is 10.1. The largest absolute Gasteiger partial charge is 0.406 e. The van der Waals surface area contributed by atoms with E-state index in [0.29, 0.717) is 0 Å². The highest BCUT2D eigenvalue weighted by Crippen LogP contribution is 2.17. The van der Waals surface area contributed by atoms with E-state index in [2.05, 4.69) is 0 Å². The van der Waals surface area contributed by atoms with Crippen molar-refractivity contribution < 1.29 is 18.0 Å². The fraction of sp³-hybridized carbons (Fsp3) is 0.727. The first-order chi connectivity index (χ1) is 7.61. The van der Waals surface area contributed by atoms with Crippen molar-refractivity contribution in [3.05, 3.63) is 12.2 Å². The molecular weight excluding hydrogens is 255 g/mol. The van der Waals surface area contributed by atoms with Crippen LogP contribution in [0.15, 0.2) is 12.2 Å². The molecule has 0 aromatic heterocycles. The number of hydrogen-bond donors (Lipinski definition) is 0. The van der Waals surface area contributed by atoms with Crippen molar-refractivity contribution in [3.8, 4) is 0 Å². The topological polar surface area (TPSA) is 20.3 Å². The van der Waals surface area contributed by atoms with Crippen molar-refractivity contribution in [1.82, 2.24) is 4.90 Å². The zero-order valence-corrected chi connectivity index (χ0v) is 10.8. The third kappa shape index (κ3) is 9.03. The number of amides is 1. The maximum atomic E-state index is 12.3. The van der Waals surface area contributed by atoms with E-state index >= 15 is 0 Å². The van der Waals surface area contributed by atoms with E-state index in [1.807, 2.05) is 0 Å². The van der Waals surface area contributed by atoms with Crippen molar-refractivity contribution >= 4 is 17.5 Å². The molecular formula is C11H17ClF3NO. The van der Waals surface area contributed by atoms with Crippen molar-refractivity contribution in [3.63, 3.8) is 0 Å². The van der Waals surface area contributed by atoms with E-state index in [4.69, 9.17) is 11.6 Å². The van der Waals surface area contributed by atoms with Crippen LogP contribution in [0.5, 0.6) is 0 Å². The van der Waals surface area contributed by atoms with Crippen LogP contribution in [-0.4, -0.2) is 35.4 Å². The van der Waals surface area contributed by atoms with Crippen LogP contribution < -0.4 is 0 Å². The molecule has 0 aliphatic carbocycles. The average molecular weight is 272 g/mol. The van der Waals surface area contributed by atoms with Gasteiger partial charge in [-0.2, -0.15) is 13.2 Å². The normalized spacial score (nSPS) is 14.4. The predicted molar refractivity (Wildman–Crippen MR) is 61.9 cm³/mol. The molecule has 0 radical (unpaired) electrons. The number of carbonyl (C=O) groups is 1. The molecule has 0 aliphatic heterocycles. The summed E-state index contributed by atoms with van der Waals surface area (Å²) in [6.45, 7) is 3.97. The fourth-order valence-electron chi connectivity index (χ4n) is 1.21. The molecule has 0 bridgehead atoms. The molecule has 0 aliphatic rings. The van der Waals surface area contributed by atoms with Crippen molar-refractivity contribution in [2.45, 2.75) is 32.3 Å². The van der Waals surface area contributed by atoms with Crippen LogP contribution in [0, 0.1) is 5.92 Å². The van der Waals surface area contributed by atoms with E-state index in [0.717, 1.165) is 11.0 Å². The summed E-state index contributed by atoms with van der Waals surface area (Å²) >= 11 is 5.59. The number of halogens is 4. The average Bonchev–Trinajstić information content (AvgIpc) is 2.09. The number of allylic oxidation sites excluding steroid dienone is 1. The van der Waals surface area contributed by atoms with Gasteiger partial charge >= 0.3 is 6.18 Å². The number of carbonyl (C=O) groups excluding carboxylic acids is 1. The molecule has 100 valence electrons. The third-order valence-electron chi connectivity index (χ3n) is 1.77. The first-order valence-corrected chi connectivity index (χ1v) is 5.73. The third-order valence-corrected chi connectivity index (χ3v) is 1.92. The van der Waals surface area contributed by atoms with E-state index in [1.54, 1.807) is 20.8 Å². The Kier molecular flexibility index (Phi) is 6.60. The lowest BCUT2D eigenvalue weighted by Gasteiger charge is -2.24. The van der Waals surface area contributed by atoms with E-state index in [1.165, 1.54) is 6.08 Å². The minimum atomic E-state index is -4.38. The molecule has 0 heterocycles. The van der Waals surface area contributed by atoms with Gasteiger partial charge in [-0.05, 0) is 12.8 Å². The van der Waals surface area contributed by atoms with Crippen molar-refractivity contribution in [2.24, 2.45) is 5.92 Å². The highest BCUT2D eigenvalue weighted by Gasteiger charge is 2.32. The van der Waals surface area contributed by atoms with Gasteiger partial charge in [0.2, 0.25) is 5.91 Å². The predicted octanol–water partition coefficient (Wildman–Crippen LogP) is 3.22. The summed E-state index contributed by atoms with van der Waals surface area (Å²) in [5, 5.41) is -0.384. The van der Waals surface area contributed by atoms with Crippen molar-refractivity contribution in [1.29, 1.82) is 0 Å².